The lowest BCUT2D eigenvalue weighted by Crippen LogP contribution is -2.31. The van der Waals surface area contributed by atoms with E-state index in [0.717, 1.165) is 5.57 Å². The smallest absolute Gasteiger partial charge is 0.255 e. The van der Waals surface area contributed by atoms with E-state index in [2.05, 4.69) is 5.32 Å². The standard InChI is InChI=1S/C22H18Cl2N2O3/c1-12-5-7-16-17(9-12)22(29)26(21(16)28)15-4-2-3-13(10-15)20(27)25-19-11-14(23)6-8-18(19)24/h2-6,8,10-11,16-17H,7,9H2,1H3,(H,25,27)/t16-,17+/m0/s1. The zero-order chi connectivity index (χ0) is 20.7. The zero-order valence-electron chi connectivity index (χ0n) is 15.6. The zero-order valence-corrected chi connectivity index (χ0v) is 17.1. The molecule has 7 heteroatoms. The highest BCUT2D eigenvalue weighted by molar-refractivity contribution is 6.36. The van der Waals surface area contributed by atoms with Gasteiger partial charge in [-0.3, -0.25) is 19.3 Å². The van der Waals surface area contributed by atoms with Crippen LogP contribution < -0.4 is 10.2 Å². The molecular weight excluding hydrogens is 411 g/mol. The van der Waals surface area contributed by atoms with Gasteiger partial charge in [0.1, 0.15) is 0 Å². The van der Waals surface area contributed by atoms with Crippen molar-refractivity contribution in [3.05, 3.63) is 69.7 Å². The monoisotopic (exact) mass is 428 g/mol. The van der Waals surface area contributed by atoms with Gasteiger partial charge in [-0.05, 0) is 56.2 Å². The third-order valence-corrected chi connectivity index (χ3v) is 5.93. The first-order chi connectivity index (χ1) is 13.8. The molecule has 0 unspecified atom stereocenters. The molecule has 0 aromatic heterocycles. The second-order valence-electron chi connectivity index (χ2n) is 7.34. The fourth-order valence-corrected chi connectivity index (χ4v) is 4.20. The molecule has 0 bridgehead atoms. The Kier molecular flexibility index (Phi) is 5.19. The summed E-state index contributed by atoms with van der Waals surface area (Å²) in [6.45, 7) is 1.97. The van der Waals surface area contributed by atoms with Crippen molar-refractivity contribution in [3.63, 3.8) is 0 Å². The number of halogens is 2. The van der Waals surface area contributed by atoms with E-state index in [1.165, 1.54) is 4.90 Å². The molecule has 2 aromatic carbocycles. The van der Waals surface area contributed by atoms with Gasteiger partial charge in [0, 0.05) is 10.6 Å². The number of nitrogens with zero attached hydrogens (tertiary/aromatic N) is 1. The molecule has 1 heterocycles. The van der Waals surface area contributed by atoms with Gasteiger partial charge in [-0.15, -0.1) is 0 Å². The molecular formula is C22H18Cl2N2O3. The van der Waals surface area contributed by atoms with Crippen LogP contribution >= 0.6 is 23.2 Å². The number of hydrogen-bond donors (Lipinski definition) is 1. The summed E-state index contributed by atoms with van der Waals surface area (Å²) in [5.41, 5.74) is 2.22. The topological polar surface area (TPSA) is 66.5 Å². The lowest BCUT2D eigenvalue weighted by atomic mass is 9.82. The molecule has 1 aliphatic carbocycles. The average Bonchev–Trinajstić information content (AvgIpc) is 2.94. The fraction of sp³-hybridized carbons (Fsp3) is 0.227. The third kappa shape index (κ3) is 3.68. The fourth-order valence-electron chi connectivity index (χ4n) is 3.87. The largest absolute Gasteiger partial charge is 0.321 e. The van der Waals surface area contributed by atoms with Crippen LogP contribution in [0.4, 0.5) is 11.4 Å². The van der Waals surface area contributed by atoms with E-state index in [4.69, 9.17) is 23.2 Å². The molecule has 1 aliphatic heterocycles. The number of rotatable bonds is 3. The van der Waals surface area contributed by atoms with Crippen molar-refractivity contribution < 1.29 is 14.4 Å². The predicted octanol–water partition coefficient (Wildman–Crippen LogP) is 5.09. The Balaban J connectivity index is 1.59. The number of fused-ring (bicyclic) bond motifs is 1. The summed E-state index contributed by atoms with van der Waals surface area (Å²) in [5.74, 6) is -1.48. The van der Waals surface area contributed by atoms with Crippen LogP contribution in [0.2, 0.25) is 10.0 Å². The highest BCUT2D eigenvalue weighted by Crippen LogP contribution is 2.39. The predicted molar refractivity (Wildman–Crippen MR) is 113 cm³/mol. The number of hydrogen-bond acceptors (Lipinski definition) is 3. The molecule has 3 amide bonds. The van der Waals surface area contributed by atoms with Gasteiger partial charge in [0.2, 0.25) is 11.8 Å². The van der Waals surface area contributed by atoms with Crippen LogP contribution in [0.3, 0.4) is 0 Å². The maximum atomic E-state index is 12.9. The van der Waals surface area contributed by atoms with E-state index in [-0.39, 0.29) is 23.7 Å². The molecule has 1 N–H and O–H groups in total. The summed E-state index contributed by atoms with van der Waals surface area (Å²) < 4.78 is 0. The lowest BCUT2D eigenvalue weighted by Gasteiger charge is -2.18. The van der Waals surface area contributed by atoms with E-state index in [1.807, 2.05) is 13.0 Å². The van der Waals surface area contributed by atoms with Gasteiger partial charge in [-0.25, -0.2) is 0 Å². The summed E-state index contributed by atoms with van der Waals surface area (Å²) in [6.07, 6.45) is 3.19. The first-order valence-corrected chi connectivity index (χ1v) is 10.0. The number of nitrogens with one attached hydrogen (secondary N) is 1. The molecule has 29 heavy (non-hydrogen) atoms. The summed E-state index contributed by atoms with van der Waals surface area (Å²) in [6, 6.07) is 11.2. The summed E-state index contributed by atoms with van der Waals surface area (Å²) in [5, 5.41) is 3.51. The van der Waals surface area contributed by atoms with Crippen molar-refractivity contribution in [1.29, 1.82) is 0 Å². The highest BCUT2D eigenvalue weighted by atomic mass is 35.5. The van der Waals surface area contributed by atoms with E-state index in [9.17, 15) is 14.4 Å². The van der Waals surface area contributed by atoms with Crippen LogP contribution in [-0.4, -0.2) is 17.7 Å². The molecule has 0 radical (unpaired) electrons. The highest BCUT2D eigenvalue weighted by Gasteiger charge is 2.48. The van der Waals surface area contributed by atoms with Crippen LogP contribution in [0.25, 0.3) is 0 Å². The van der Waals surface area contributed by atoms with Gasteiger partial charge in [0.15, 0.2) is 0 Å². The molecule has 2 aliphatic rings. The third-order valence-electron chi connectivity index (χ3n) is 5.37. The molecule has 5 nitrogen and oxygen atoms in total. The summed E-state index contributed by atoms with van der Waals surface area (Å²) in [7, 11) is 0. The van der Waals surface area contributed by atoms with Crippen LogP contribution in [-0.2, 0) is 9.59 Å². The number of carbonyl (C=O) groups is 3. The van der Waals surface area contributed by atoms with Crippen molar-refractivity contribution in [2.75, 3.05) is 10.2 Å². The van der Waals surface area contributed by atoms with Gasteiger partial charge >= 0.3 is 0 Å². The van der Waals surface area contributed by atoms with Crippen LogP contribution in [0.1, 0.15) is 30.1 Å². The first kappa shape index (κ1) is 19.7. The number of amides is 3. The summed E-state index contributed by atoms with van der Waals surface area (Å²) >= 11 is 12.1. The first-order valence-electron chi connectivity index (χ1n) is 9.25. The van der Waals surface area contributed by atoms with Crippen molar-refractivity contribution in [2.45, 2.75) is 19.8 Å². The van der Waals surface area contributed by atoms with Crippen LogP contribution in [0.5, 0.6) is 0 Å². The SMILES string of the molecule is CC1=CC[C@@H]2C(=O)N(c3cccc(C(=O)Nc4cc(Cl)ccc4Cl)c3)C(=O)[C@@H]2C1. The quantitative estimate of drug-likeness (QED) is 0.546. The Morgan fingerprint density at radius 1 is 1.07 bits per heavy atom. The molecule has 0 saturated carbocycles. The Hall–Kier alpha value is -2.63. The minimum Gasteiger partial charge on any atom is -0.321 e. The number of allylic oxidation sites excluding steroid dienone is 2. The Bertz CT molecular complexity index is 1060. The van der Waals surface area contributed by atoms with E-state index >= 15 is 0 Å². The van der Waals surface area contributed by atoms with E-state index < -0.39 is 5.91 Å². The van der Waals surface area contributed by atoms with Crippen LogP contribution in [0, 0.1) is 11.8 Å². The molecule has 1 saturated heterocycles. The molecule has 0 spiro atoms. The maximum Gasteiger partial charge on any atom is 0.255 e. The van der Waals surface area contributed by atoms with Gasteiger partial charge in [-0.1, -0.05) is 40.9 Å². The number of imide groups is 1. The van der Waals surface area contributed by atoms with E-state index in [0.29, 0.717) is 39.8 Å². The van der Waals surface area contributed by atoms with Gasteiger partial charge in [0.25, 0.3) is 5.91 Å². The van der Waals surface area contributed by atoms with Crippen molar-refractivity contribution in [3.8, 4) is 0 Å². The number of anilines is 2. The summed E-state index contributed by atoms with van der Waals surface area (Å²) in [4.78, 5) is 39.7. The lowest BCUT2D eigenvalue weighted by molar-refractivity contribution is -0.122. The average molecular weight is 429 g/mol. The maximum absolute atomic E-state index is 12.9. The van der Waals surface area contributed by atoms with Crippen molar-refractivity contribution >= 4 is 52.3 Å². The minimum atomic E-state index is -0.412. The van der Waals surface area contributed by atoms with Gasteiger partial charge < -0.3 is 5.32 Å². The second-order valence-corrected chi connectivity index (χ2v) is 8.19. The van der Waals surface area contributed by atoms with Crippen LogP contribution in [0.15, 0.2) is 54.1 Å². The van der Waals surface area contributed by atoms with Crippen molar-refractivity contribution in [2.24, 2.45) is 11.8 Å². The molecule has 2 aromatic rings. The molecule has 1 fully saturated rings. The Labute approximate surface area is 178 Å². The number of benzene rings is 2. The molecule has 148 valence electrons. The minimum absolute atomic E-state index is 0.206. The van der Waals surface area contributed by atoms with Gasteiger partial charge in [-0.2, -0.15) is 0 Å². The number of carbonyl (C=O) groups excluding carboxylic acids is 3. The Morgan fingerprint density at radius 2 is 1.83 bits per heavy atom. The normalized spacial score (nSPS) is 21.1. The molecule has 4 rings (SSSR count). The van der Waals surface area contributed by atoms with E-state index in [1.54, 1.807) is 42.5 Å². The second kappa shape index (κ2) is 7.65. The van der Waals surface area contributed by atoms with Gasteiger partial charge in [0.05, 0.1) is 28.2 Å². The Morgan fingerprint density at radius 3 is 2.62 bits per heavy atom. The van der Waals surface area contributed by atoms with Crippen molar-refractivity contribution in [1.82, 2.24) is 0 Å². The molecule has 2 atom stereocenters.